The van der Waals surface area contributed by atoms with Crippen molar-refractivity contribution in [3.63, 3.8) is 0 Å². The molecule has 4 aromatic rings. The molecule has 2 aromatic carbocycles. The minimum atomic E-state index is -0.323. The molecular formula is C25H24FN3O4S. The Labute approximate surface area is 200 Å². The molecule has 0 radical (unpaired) electrons. The Bertz CT molecular complexity index is 1360. The Kier molecular flexibility index (Phi) is 7.02. The summed E-state index contributed by atoms with van der Waals surface area (Å²) in [7, 11) is 3.02. The van der Waals surface area contributed by atoms with Crippen LogP contribution in [0.25, 0.3) is 21.5 Å². The summed E-state index contributed by atoms with van der Waals surface area (Å²) in [5.74, 6) is 0.739. The first-order valence-corrected chi connectivity index (χ1v) is 11.7. The SMILES string of the molecule is CCCn1nc(C(=O)CCC(=O)c2ccc(OC)c(OC)c2)nc1-c1csc2c(F)cccc12. The Morgan fingerprint density at radius 3 is 2.56 bits per heavy atom. The summed E-state index contributed by atoms with van der Waals surface area (Å²) in [6.07, 6.45) is 0.776. The van der Waals surface area contributed by atoms with Crippen LogP contribution in [0.15, 0.2) is 41.8 Å². The van der Waals surface area contributed by atoms with E-state index in [2.05, 4.69) is 10.1 Å². The molecule has 4 rings (SSSR count). The van der Waals surface area contributed by atoms with Crippen molar-refractivity contribution in [2.45, 2.75) is 32.7 Å². The molecule has 0 atom stereocenters. The zero-order chi connectivity index (χ0) is 24.2. The standard InChI is InChI=1S/C25H24FN3O4S/c1-4-12-29-25(17-14-34-23-16(17)6-5-7-18(23)26)27-24(28-29)20(31)10-9-19(30)15-8-11-21(32-2)22(13-15)33-3/h5-8,11,13-14H,4,9-10,12H2,1-3H3. The molecule has 0 bridgehead atoms. The van der Waals surface area contributed by atoms with Crippen LogP contribution >= 0.6 is 11.3 Å². The molecule has 9 heteroatoms. The lowest BCUT2D eigenvalue weighted by atomic mass is 10.0. The minimum absolute atomic E-state index is 0.0125. The number of Topliss-reactive ketones (excluding diaryl/α,β-unsaturated/α-hetero) is 2. The van der Waals surface area contributed by atoms with E-state index in [9.17, 15) is 14.0 Å². The molecule has 0 aliphatic heterocycles. The van der Waals surface area contributed by atoms with Gasteiger partial charge in [0.1, 0.15) is 5.82 Å². The first kappa shape index (κ1) is 23.6. The highest BCUT2D eigenvalue weighted by Crippen LogP contribution is 2.35. The lowest BCUT2D eigenvalue weighted by molar-refractivity contribution is 0.0912. The van der Waals surface area contributed by atoms with Crippen LogP contribution in [0.1, 0.15) is 47.2 Å². The van der Waals surface area contributed by atoms with Gasteiger partial charge in [0.25, 0.3) is 0 Å². The summed E-state index contributed by atoms with van der Waals surface area (Å²) < 4.78 is 26.8. The van der Waals surface area contributed by atoms with Crippen LogP contribution in [0, 0.1) is 5.82 Å². The maximum atomic E-state index is 14.2. The Balaban J connectivity index is 1.55. The largest absolute Gasteiger partial charge is 0.493 e. The van der Waals surface area contributed by atoms with Crippen LogP contribution in [-0.4, -0.2) is 40.6 Å². The van der Waals surface area contributed by atoms with Gasteiger partial charge in [-0.1, -0.05) is 19.1 Å². The van der Waals surface area contributed by atoms with Crippen molar-refractivity contribution in [1.29, 1.82) is 0 Å². The number of ketones is 2. The summed E-state index contributed by atoms with van der Waals surface area (Å²) in [5, 5.41) is 6.97. The van der Waals surface area contributed by atoms with Crippen LogP contribution in [0.3, 0.4) is 0 Å². The van der Waals surface area contributed by atoms with Gasteiger partial charge in [0.15, 0.2) is 23.1 Å². The summed E-state index contributed by atoms with van der Waals surface area (Å²) in [4.78, 5) is 30.0. The number of halogens is 1. The van der Waals surface area contributed by atoms with E-state index < -0.39 is 0 Å². The van der Waals surface area contributed by atoms with Gasteiger partial charge >= 0.3 is 0 Å². The predicted octanol–water partition coefficient (Wildman–Crippen LogP) is 5.57. The van der Waals surface area contributed by atoms with Gasteiger partial charge in [0, 0.05) is 41.3 Å². The summed E-state index contributed by atoms with van der Waals surface area (Å²) in [6.45, 7) is 2.56. The van der Waals surface area contributed by atoms with Gasteiger partial charge in [0.2, 0.25) is 11.6 Å². The number of carbonyl (C=O) groups excluding carboxylic acids is 2. The van der Waals surface area contributed by atoms with Crippen molar-refractivity contribution in [2.75, 3.05) is 14.2 Å². The first-order chi connectivity index (χ1) is 16.5. The van der Waals surface area contributed by atoms with Crippen molar-refractivity contribution in [3.05, 3.63) is 59.0 Å². The van der Waals surface area contributed by atoms with Crippen molar-refractivity contribution < 1.29 is 23.5 Å². The van der Waals surface area contributed by atoms with Gasteiger partial charge < -0.3 is 9.47 Å². The van der Waals surface area contributed by atoms with Crippen molar-refractivity contribution in [1.82, 2.24) is 14.8 Å². The second kappa shape index (κ2) is 10.1. The Hall–Kier alpha value is -3.59. The van der Waals surface area contributed by atoms with Gasteiger partial charge in [-0.25, -0.2) is 14.1 Å². The van der Waals surface area contributed by atoms with Gasteiger partial charge in [-0.3, -0.25) is 9.59 Å². The average Bonchev–Trinajstić information content (AvgIpc) is 3.47. The number of hydrogen-bond acceptors (Lipinski definition) is 7. The van der Waals surface area contributed by atoms with E-state index in [0.717, 1.165) is 17.4 Å². The molecule has 34 heavy (non-hydrogen) atoms. The first-order valence-electron chi connectivity index (χ1n) is 10.9. The molecule has 0 N–H and O–H groups in total. The normalized spacial score (nSPS) is 11.1. The predicted molar refractivity (Wildman–Crippen MR) is 129 cm³/mol. The number of nitrogens with zero attached hydrogens (tertiary/aromatic N) is 3. The maximum Gasteiger partial charge on any atom is 0.217 e. The third-order valence-corrected chi connectivity index (χ3v) is 6.44. The lowest BCUT2D eigenvalue weighted by Gasteiger charge is -2.08. The number of rotatable bonds is 10. The van der Waals surface area contributed by atoms with Gasteiger partial charge in [-0.05, 0) is 30.7 Å². The van der Waals surface area contributed by atoms with E-state index >= 15 is 0 Å². The Morgan fingerprint density at radius 2 is 1.82 bits per heavy atom. The molecule has 176 valence electrons. The molecule has 0 saturated heterocycles. The third-order valence-electron chi connectivity index (χ3n) is 5.43. The highest BCUT2D eigenvalue weighted by molar-refractivity contribution is 7.17. The highest BCUT2D eigenvalue weighted by Gasteiger charge is 2.21. The van der Waals surface area contributed by atoms with Crippen LogP contribution in [0.5, 0.6) is 11.5 Å². The number of aromatic nitrogens is 3. The van der Waals surface area contributed by atoms with Crippen molar-refractivity contribution >= 4 is 33.0 Å². The zero-order valence-corrected chi connectivity index (χ0v) is 19.9. The average molecular weight is 482 g/mol. The summed E-state index contributed by atoms with van der Waals surface area (Å²) in [5.41, 5.74) is 1.17. The topological polar surface area (TPSA) is 83.3 Å². The van der Waals surface area contributed by atoms with Crippen molar-refractivity contribution in [2.24, 2.45) is 0 Å². The highest BCUT2D eigenvalue weighted by atomic mass is 32.1. The number of aryl methyl sites for hydroxylation is 1. The minimum Gasteiger partial charge on any atom is -0.493 e. The molecule has 0 aliphatic rings. The van der Waals surface area contributed by atoms with Gasteiger partial charge in [-0.15, -0.1) is 16.4 Å². The van der Waals surface area contributed by atoms with Gasteiger partial charge in [0.05, 0.1) is 18.9 Å². The summed E-state index contributed by atoms with van der Waals surface area (Å²) in [6, 6.07) is 9.80. The number of thiophene rings is 1. The second-order valence-electron chi connectivity index (χ2n) is 7.66. The van der Waals surface area contributed by atoms with E-state index in [-0.39, 0.29) is 36.0 Å². The monoisotopic (exact) mass is 481 g/mol. The van der Waals surface area contributed by atoms with E-state index in [1.165, 1.54) is 31.6 Å². The molecule has 7 nitrogen and oxygen atoms in total. The molecule has 0 amide bonds. The lowest BCUT2D eigenvalue weighted by Crippen LogP contribution is -2.08. The fourth-order valence-corrected chi connectivity index (χ4v) is 4.67. The van der Waals surface area contributed by atoms with Crippen LogP contribution < -0.4 is 9.47 Å². The van der Waals surface area contributed by atoms with Crippen LogP contribution in [0.4, 0.5) is 4.39 Å². The zero-order valence-electron chi connectivity index (χ0n) is 19.1. The number of fused-ring (bicyclic) bond motifs is 1. The number of carbonyl (C=O) groups is 2. The van der Waals surface area contributed by atoms with E-state index in [1.54, 1.807) is 28.9 Å². The van der Waals surface area contributed by atoms with Crippen molar-refractivity contribution in [3.8, 4) is 22.9 Å². The van der Waals surface area contributed by atoms with Gasteiger partial charge in [-0.2, -0.15) is 0 Å². The number of methoxy groups -OCH3 is 2. The Morgan fingerprint density at radius 1 is 1.06 bits per heavy atom. The second-order valence-corrected chi connectivity index (χ2v) is 8.54. The molecule has 2 heterocycles. The molecule has 2 aromatic heterocycles. The van der Waals surface area contributed by atoms with Crippen LogP contribution in [-0.2, 0) is 6.54 Å². The summed E-state index contributed by atoms with van der Waals surface area (Å²) >= 11 is 1.29. The number of ether oxygens (including phenoxy) is 2. The molecular weight excluding hydrogens is 457 g/mol. The third kappa shape index (κ3) is 4.56. The fourth-order valence-electron chi connectivity index (χ4n) is 3.72. The molecule has 0 fully saturated rings. The molecule has 0 unspecified atom stereocenters. The maximum absolute atomic E-state index is 14.2. The molecule has 0 aliphatic carbocycles. The smallest absolute Gasteiger partial charge is 0.217 e. The number of benzene rings is 2. The molecule has 0 saturated carbocycles. The quantitative estimate of drug-likeness (QED) is 0.275. The number of hydrogen-bond donors (Lipinski definition) is 0. The fraction of sp³-hybridized carbons (Fsp3) is 0.280. The van der Waals surface area contributed by atoms with E-state index in [0.29, 0.717) is 34.1 Å². The van der Waals surface area contributed by atoms with E-state index in [4.69, 9.17) is 9.47 Å². The van der Waals surface area contributed by atoms with Crippen LogP contribution in [0.2, 0.25) is 0 Å². The molecule has 0 spiro atoms. The van der Waals surface area contributed by atoms with E-state index in [1.807, 2.05) is 18.4 Å².